The maximum atomic E-state index is 5.56. The molecular weight excluding hydrogens is 240 g/mol. The van der Waals surface area contributed by atoms with Gasteiger partial charge in [-0.25, -0.2) is 9.97 Å². The first-order chi connectivity index (χ1) is 7.74. The van der Waals surface area contributed by atoms with Crippen molar-refractivity contribution in [2.24, 2.45) is 0 Å². The van der Waals surface area contributed by atoms with Crippen LogP contribution in [0.25, 0.3) is 0 Å². The van der Waals surface area contributed by atoms with E-state index in [4.69, 9.17) is 11.5 Å². The molecule has 0 aliphatic heterocycles. The Morgan fingerprint density at radius 1 is 1.12 bits per heavy atom. The third-order valence-electron chi connectivity index (χ3n) is 2.25. The van der Waals surface area contributed by atoms with Crippen molar-refractivity contribution in [3.8, 4) is 0 Å². The Bertz CT molecular complexity index is 407. The summed E-state index contributed by atoms with van der Waals surface area (Å²) >= 11 is 3.08. The minimum Gasteiger partial charge on any atom is -0.375 e. The number of aromatic nitrogens is 2. The molecule has 0 saturated carbocycles. The third kappa shape index (κ3) is 3.18. The Labute approximate surface area is 102 Å². The topological polar surface area (TPSA) is 77.8 Å². The third-order valence-corrected chi connectivity index (χ3v) is 3.86. The van der Waals surface area contributed by atoms with Crippen molar-refractivity contribution in [3.05, 3.63) is 22.1 Å². The molecule has 2 heterocycles. The van der Waals surface area contributed by atoms with Crippen LogP contribution in [0, 0.1) is 0 Å². The van der Waals surface area contributed by atoms with Gasteiger partial charge in [0.2, 0.25) is 0 Å². The summed E-state index contributed by atoms with van der Waals surface area (Å²) in [5.41, 5.74) is 12.2. The highest BCUT2D eigenvalue weighted by molar-refractivity contribution is 7.15. The Kier molecular flexibility index (Phi) is 3.74. The van der Waals surface area contributed by atoms with Gasteiger partial charge in [-0.15, -0.1) is 22.7 Å². The number of hydrogen-bond acceptors (Lipinski definition) is 6. The Balaban J connectivity index is 1.69. The summed E-state index contributed by atoms with van der Waals surface area (Å²) in [7, 11) is 0. The molecule has 86 valence electrons. The molecule has 0 aliphatic rings. The number of nitrogen functional groups attached to an aromatic ring is 2. The number of rotatable bonds is 5. The smallest absolute Gasteiger partial charge is 0.180 e. The van der Waals surface area contributed by atoms with Gasteiger partial charge in [0, 0.05) is 16.5 Å². The summed E-state index contributed by atoms with van der Waals surface area (Å²) in [4.78, 5) is 9.51. The van der Waals surface area contributed by atoms with Gasteiger partial charge in [0.15, 0.2) is 10.3 Å². The monoisotopic (exact) mass is 254 g/mol. The molecule has 0 spiro atoms. The van der Waals surface area contributed by atoms with Crippen LogP contribution in [-0.2, 0) is 12.8 Å². The minimum atomic E-state index is 0.655. The predicted molar refractivity (Wildman–Crippen MR) is 69.7 cm³/mol. The largest absolute Gasteiger partial charge is 0.375 e. The molecule has 2 aromatic rings. The van der Waals surface area contributed by atoms with Crippen LogP contribution < -0.4 is 11.5 Å². The molecular formula is C10H14N4S2. The van der Waals surface area contributed by atoms with Gasteiger partial charge in [-0.05, 0) is 25.7 Å². The lowest BCUT2D eigenvalue weighted by atomic mass is 10.1. The van der Waals surface area contributed by atoms with Crippen LogP contribution in [0.15, 0.2) is 11.6 Å². The van der Waals surface area contributed by atoms with Crippen LogP contribution in [-0.4, -0.2) is 9.97 Å². The quantitative estimate of drug-likeness (QED) is 0.803. The lowest BCUT2D eigenvalue weighted by Gasteiger charge is -1.96. The zero-order chi connectivity index (χ0) is 11.4. The summed E-state index contributed by atoms with van der Waals surface area (Å²) in [6.45, 7) is 0. The number of nitrogens with two attached hydrogens (primary N) is 2. The van der Waals surface area contributed by atoms with Crippen molar-refractivity contribution in [2.45, 2.75) is 25.7 Å². The van der Waals surface area contributed by atoms with Crippen molar-refractivity contribution in [1.29, 1.82) is 0 Å². The molecule has 2 aromatic heterocycles. The van der Waals surface area contributed by atoms with E-state index in [0.717, 1.165) is 31.4 Å². The van der Waals surface area contributed by atoms with E-state index >= 15 is 0 Å². The van der Waals surface area contributed by atoms with Crippen molar-refractivity contribution in [2.75, 3.05) is 11.5 Å². The van der Waals surface area contributed by atoms with E-state index in [1.165, 1.54) is 16.2 Å². The number of nitrogens with zero attached hydrogens (tertiary/aromatic N) is 2. The van der Waals surface area contributed by atoms with Crippen LogP contribution in [0.4, 0.5) is 10.3 Å². The molecule has 2 rings (SSSR count). The van der Waals surface area contributed by atoms with Gasteiger partial charge in [0.25, 0.3) is 0 Å². The van der Waals surface area contributed by atoms with Crippen molar-refractivity contribution >= 4 is 32.9 Å². The molecule has 0 aliphatic carbocycles. The van der Waals surface area contributed by atoms with Gasteiger partial charge in [-0.1, -0.05) is 0 Å². The second kappa shape index (κ2) is 5.27. The van der Waals surface area contributed by atoms with E-state index in [0.29, 0.717) is 10.3 Å². The summed E-state index contributed by atoms with van der Waals surface area (Å²) in [5.74, 6) is 0. The Morgan fingerprint density at radius 2 is 1.94 bits per heavy atom. The van der Waals surface area contributed by atoms with E-state index in [1.807, 2.05) is 11.6 Å². The lowest BCUT2D eigenvalue weighted by molar-refractivity contribution is 0.730. The van der Waals surface area contributed by atoms with Gasteiger partial charge in [0.1, 0.15) is 0 Å². The summed E-state index contributed by atoms with van der Waals surface area (Å²) in [5, 5.41) is 3.34. The average Bonchev–Trinajstić information content (AvgIpc) is 2.83. The van der Waals surface area contributed by atoms with Crippen LogP contribution in [0.2, 0.25) is 0 Å². The standard InChI is InChI=1S/C10H14N4S2/c11-9-13-5-8(16-9)4-2-1-3-7-6-15-10(12)14-7/h5-6H,1-4H2,(H2,11,13)(H2,12,14). The second-order valence-corrected chi connectivity index (χ2v) is 5.59. The number of thiazole rings is 2. The van der Waals surface area contributed by atoms with Crippen molar-refractivity contribution in [3.63, 3.8) is 0 Å². The van der Waals surface area contributed by atoms with Gasteiger partial charge in [-0.3, -0.25) is 0 Å². The van der Waals surface area contributed by atoms with Crippen LogP contribution in [0.1, 0.15) is 23.4 Å². The fraction of sp³-hybridized carbons (Fsp3) is 0.400. The zero-order valence-electron chi connectivity index (χ0n) is 8.85. The molecule has 0 unspecified atom stereocenters. The molecule has 0 saturated heterocycles. The number of hydrogen-bond donors (Lipinski definition) is 2. The first kappa shape index (κ1) is 11.3. The van der Waals surface area contributed by atoms with Gasteiger partial charge >= 0.3 is 0 Å². The normalized spacial score (nSPS) is 10.8. The molecule has 4 N–H and O–H groups in total. The predicted octanol–water partition coefficient (Wildman–Crippen LogP) is 2.33. The summed E-state index contributed by atoms with van der Waals surface area (Å²) < 4.78 is 0. The highest BCUT2D eigenvalue weighted by Crippen LogP contribution is 2.18. The first-order valence-corrected chi connectivity index (χ1v) is 6.84. The number of anilines is 2. The molecule has 0 amide bonds. The van der Waals surface area contributed by atoms with Gasteiger partial charge < -0.3 is 11.5 Å². The lowest BCUT2D eigenvalue weighted by Crippen LogP contribution is -1.89. The molecule has 4 nitrogen and oxygen atoms in total. The second-order valence-electron chi connectivity index (χ2n) is 3.55. The van der Waals surface area contributed by atoms with Crippen LogP contribution >= 0.6 is 22.7 Å². The first-order valence-electron chi connectivity index (χ1n) is 5.14. The molecule has 0 atom stereocenters. The fourth-order valence-electron chi connectivity index (χ4n) is 1.48. The van der Waals surface area contributed by atoms with Crippen molar-refractivity contribution in [1.82, 2.24) is 9.97 Å². The van der Waals surface area contributed by atoms with Gasteiger partial charge in [-0.2, -0.15) is 0 Å². The van der Waals surface area contributed by atoms with E-state index in [9.17, 15) is 0 Å². The summed E-state index contributed by atoms with van der Waals surface area (Å²) in [6, 6.07) is 0. The zero-order valence-corrected chi connectivity index (χ0v) is 10.5. The minimum absolute atomic E-state index is 0.655. The van der Waals surface area contributed by atoms with E-state index in [-0.39, 0.29) is 0 Å². The van der Waals surface area contributed by atoms with Crippen LogP contribution in [0.5, 0.6) is 0 Å². The maximum Gasteiger partial charge on any atom is 0.180 e. The molecule has 0 radical (unpaired) electrons. The Morgan fingerprint density at radius 3 is 2.56 bits per heavy atom. The average molecular weight is 254 g/mol. The SMILES string of the molecule is Nc1nc(CCCCc2cnc(N)s2)cs1. The number of aryl methyl sites for hydroxylation is 2. The molecule has 6 heteroatoms. The highest BCUT2D eigenvalue weighted by Gasteiger charge is 2.01. The number of unbranched alkanes of at least 4 members (excludes halogenated alkanes) is 1. The van der Waals surface area contributed by atoms with Crippen molar-refractivity contribution < 1.29 is 0 Å². The van der Waals surface area contributed by atoms with E-state index in [2.05, 4.69) is 9.97 Å². The van der Waals surface area contributed by atoms with E-state index < -0.39 is 0 Å². The maximum absolute atomic E-state index is 5.56. The van der Waals surface area contributed by atoms with E-state index in [1.54, 1.807) is 11.3 Å². The Hall–Kier alpha value is -1.14. The molecule has 0 bridgehead atoms. The summed E-state index contributed by atoms with van der Waals surface area (Å²) in [6.07, 6.45) is 6.18. The highest BCUT2D eigenvalue weighted by atomic mass is 32.1. The molecule has 0 fully saturated rings. The molecule has 0 aromatic carbocycles. The fourth-order valence-corrected chi connectivity index (χ4v) is 2.80. The molecule has 16 heavy (non-hydrogen) atoms. The van der Waals surface area contributed by atoms with Gasteiger partial charge in [0.05, 0.1) is 5.69 Å². The van der Waals surface area contributed by atoms with Crippen LogP contribution in [0.3, 0.4) is 0 Å².